The molecule has 168 valence electrons. The minimum absolute atomic E-state index is 0.0607. The van der Waals surface area contributed by atoms with Gasteiger partial charge in [0, 0.05) is 31.8 Å². The summed E-state index contributed by atoms with van der Waals surface area (Å²) in [5, 5.41) is 19.9. The van der Waals surface area contributed by atoms with Crippen molar-refractivity contribution in [2.24, 2.45) is 0 Å². The number of anilines is 1. The number of piperidine rings is 1. The maximum atomic E-state index is 12.5. The van der Waals surface area contributed by atoms with Crippen molar-refractivity contribution in [3.05, 3.63) is 45.1 Å². The van der Waals surface area contributed by atoms with Gasteiger partial charge < -0.3 is 10.2 Å². The zero-order valence-electron chi connectivity index (χ0n) is 17.5. The fourth-order valence-corrected chi connectivity index (χ4v) is 4.25. The highest BCUT2D eigenvalue weighted by molar-refractivity contribution is 7.98. The number of carbonyl (C=O) groups is 1. The molecule has 0 spiro atoms. The van der Waals surface area contributed by atoms with Gasteiger partial charge >= 0.3 is 0 Å². The molecule has 1 aliphatic rings. The number of amides is 1. The molecule has 3 heterocycles. The van der Waals surface area contributed by atoms with Crippen LogP contribution in [-0.4, -0.2) is 56.5 Å². The largest absolute Gasteiger partial charge is 0.356 e. The van der Waals surface area contributed by atoms with E-state index in [1.54, 1.807) is 10.9 Å². The molecule has 1 aromatic carbocycles. The summed E-state index contributed by atoms with van der Waals surface area (Å²) in [4.78, 5) is 34.6. The van der Waals surface area contributed by atoms with Gasteiger partial charge in [0.15, 0.2) is 10.8 Å². The van der Waals surface area contributed by atoms with Crippen LogP contribution in [0.3, 0.4) is 0 Å². The molecule has 10 nitrogen and oxygen atoms in total. The maximum Gasteiger partial charge on any atom is 0.270 e. The molecule has 0 unspecified atom stereocenters. The Morgan fingerprint density at radius 2 is 2.06 bits per heavy atom. The first-order valence-corrected chi connectivity index (χ1v) is 11.8. The summed E-state index contributed by atoms with van der Waals surface area (Å²) < 4.78 is 1.74. The maximum absolute atomic E-state index is 12.5. The van der Waals surface area contributed by atoms with Crippen LogP contribution >= 0.6 is 23.4 Å². The van der Waals surface area contributed by atoms with Crippen LogP contribution in [0.15, 0.2) is 29.6 Å². The molecular weight excluding hydrogens is 454 g/mol. The minimum atomic E-state index is -0.564. The van der Waals surface area contributed by atoms with Crippen molar-refractivity contribution in [3.8, 4) is 0 Å². The van der Waals surface area contributed by atoms with Crippen molar-refractivity contribution in [2.75, 3.05) is 30.8 Å². The van der Waals surface area contributed by atoms with Crippen LogP contribution in [0.5, 0.6) is 0 Å². The van der Waals surface area contributed by atoms with Gasteiger partial charge in [-0.2, -0.15) is 5.10 Å². The molecule has 1 aliphatic heterocycles. The monoisotopic (exact) mass is 475 g/mol. The van der Waals surface area contributed by atoms with Crippen LogP contribution in [0, 0.1) is 10.1 Å². The van der Waals surface area contributed by atoms with Crippen molar-refractivity contribution in [3.63, 3.8) is 0 Å². The molecule has 0 bridgehead atoms. The van der Waals surface area contributed by atoms with Gasteiger partial charge in [-0.05, 0) is 31.6 Å². The van der Waals surface area contributed by atoms with Crippen LogP contribution < -0.4 is 10.2 Å². The van der Waals surface area contributed by atoms with E-state index < -0.39 is 10.8 Å². The number of non-ortho nitro benzene ring substituents is 1. The van der Waals surface area contributed by atoms with Crippen molar-refractivity contribution < 1.29 is 9.72 Å². The zero-order chi connectivity index (χ0) is 22.7. The first-order valence-electron chi connectivity index (χ1n) is 10.2. The summed E-state index contributed by atoms with van der Waals surface area (Å²) in [6.45, 7) is 2.56. The average molecular weight is 476 g/mol. The second kappa shape index (κ2) is 9.70. The van der Waals surface area contributed by atoms with Gasteiger partial charge in [-0.1, -0.05) is 23.4 Å². The SMILES string of the molecule is CSc1nc(N2CCCCC2)c2cnn(CCNC(=O)c3cc([N+](=O)[O-])ccc3Cl)c2n1. The molecule has 1 fully saturated rings. The third kappa shape index (κ3) is 4.63. The van der Waals surface area contributed by atoms with Crippen molar-refractivity contribution in [1.29, 1.82) is 0 Å². The fourth-order valence-electron chi connectivity index (χ4n) is 3.69. The molecule has 3 aromatic rings. The standard InChI is InChI=1S/C20H22ClN7O3S/c1-32-20-24-17(26-8-3-2-4-9-26)15-12-23-27(18(15)25-20)10-7-22-19(29)14-11-13(28(30)31)5-6-16(14)21/h5-6,11-12H,2-4,7-10H2,1H3,(H,22,29). The second-order valence-electron chi connectivity index (χ2n) is 7.36. The number of hydrogen-bond acceptors (Lipinski definition) is 8. The number of nitrogens with one attached hydrogen (secondary N) is 1. The molecule has 1 N–H and O–H groups in total. The van der Waals surface area contributed by atoms with E-state index in [9.17, 15) is 14.9 Å². The number of fused-ring (bicyclic) bond motifs is 1. The van der Waals surface area contributed by atoms with Crippen molar-refractivity contribution in [1.82, 2.24) is 25.1 Å². The number of nitro groups is 1. The highest BCUT2D eigenvalue weighted by Crippen LogP contribution is 2.28. The van der Waals surface area contributed by atoms with E-state index in [4.69, 9.17) is 16.6 Å². The van der Waals surface area contributed by atoms with Gasteiger partial charge in [0.25, 0.3) is 11.6 Å². The molecule has 2 aromatic heterocycles. The number of nitro benzene ring substituents is 1. The predicted molar refractivity (Wildman–Crippen MR) is 124 cm³/mol. The van der Waals surface area contributed by atoms with Crippen LogP contribution in [-0.2, 0) is 6.54 Å². The first kappa shape index (κ1) is 22.3. The molecule has 0 saturated carbocycles. The highest BCUT2D eigenvalue weighted by atomic mass is 35.5. The summed E-state index contributed by atoms with van der Waals surface area (Å²) in [5.41, 5.74) is 0.585. The van der Waals surface area contributed by atoms with Gasteiger partial charge in [0.1, 0.15) is 5.82 Å². The number of hydrogen-bond donors (Lipinski definition) is 1. The molecule has 12 heteroatoms. The Labute approximate surface area is 193 Å². The Hall–Kier alpha value is -2.92. The first-order chi connectivity index (χ1) is 15.5. The Balaban J connectivity index is 1.51. The normalized spacial score (nSPS) is 14.0. The molecule has 0 aliphatic carbocycles. The molecule has 0 atom stereocenters. The fraction of sp³-hybridized carbons (Fsp3) is 0.400. The molecule has 4 rings (SSSR count). The lowest BCUT2D eigenvalue weighted by Crippen LogP contribution is -2.30. The predicted octanol–water partition coefficient (Wildman–Crippen LogP) is 3.53. The lowest BCUT2D eigenvalue weighted by molar-refractivity contribution is -0.384. The summed E-state index contributed by atoms with van der Waals surface area (Å²) >= 11 is 7.53. The molecular formula is C20H22ClN7O3S. The summed E-state index contributed by atoms with van der Waals surface area (Å²) in [6.07, 6.45) is 7.21. The molecule has 1 saturated heterocycles. The summed E-state index contributed by atoms with van der Waals surface area (Å²) in [6, 6.07) is 3.78. The zero-order valence-corrected chi connectivity index (χ0v) is 19.0. The molecule has 32 heavy (non-hydrogen) atoms. The third-order valence-corrected chi connectivity index (χ3v) is 6.19. The van der Waals surface area contributed by atoms with Gasteiger partial charge in [-0.25, -0.2) is 14.6 Å². The number of carbonyl (C=O) groups excluding carboxylic acids is 1. The van der Waals surface area contributed by atoms with Gasteiger partial charge in [-0.15, -0.1) is 0 Å². The lowest BCUT2D eigenvalue weighted by Gasteiger charge is -2.28. The van der Waals surface area contributed by atoms with Crippen LogP contribution in [0.25, 0.3) is 11.0 Å². The van der Waals surface area contributed by atoms with E-state index in [1.807, 2.05) is 6.26 Å². The molecule has 0 radical (unpaired) electrons. The number of rotatable bonds is 7. The van der Waals surface area contributed by atoms with E-state index in [1.165, 1.54) is 36.4 Å². The lowest BCUT2D eigenvalue weighted by atomic mass is 10.1. The number of halogens is 1. The topological polar surface area (TPSA) is 119 Å². The van der Waals surface area contributed by atoms with E-state index in [0.717, 1.165) is 37.1 Å². The number of nitrogens with zero attached hydrogens (tertiary/aromatic N) is 6. The number of benzene rings is 1. The van der Waals surface area contributed by atoms with E-state index in [0.29, 0.717) is 17.3 Å². The molecule has 1 amide bonds. The van der Waals surface area contributed by atoms with Gasteiger partial charge in [-0.3, -0.25) is 14.9 Å². The quantitative estimate of drug-likeness (QED) is 0.238. The smallest absolute Gasteiger partial charge is 0.270 e. The minimum Gasteiger partial charge on any atom is -0.356 e. The van der Waals surface area contributed by atoms with Crippen molar-refractivity contribution in [2.45, 2.75) is 31.0 Å². The number of aromatic nitrogens is 4. The summed E-state index contributed by atoms with van der Waals surface area (Å²) in [5.74, 6) is 0.418. The average Bonchev–Trinajstić information content (AvgIpc) is 3.21. The van der Waals surface area contributed by atoms with Gasteiger partial charge in [0.05, 0.1) is 33.6 Å². The Kier molecular flexibility index (Phi) is 6.75. The Bertz CT molecular complexity index is 1160. The van der Waals surface area contributed by atoms with Crippen LogP contribution in [0.2, 0.25) is 5.02 Å². The van der Waals surface area contributed by atoms with Crippen LogP contribution in [0.4, 0.5) is 11.5 Å². The Morgan fingerprint density at radius 1 is 1.28 bits per heavy atom. The van der Waals surface area contributed by atoms with E-state index in [-0.39, 0.29) is 22.8 Å². The van der Waals surface area contributed by atoms with Gasteiger partial charge in [0.2, 0.25) is 0 Å². The second-order valence-corrected chi connectivity index (χ2v) is 8.54. The van der Waals surface area contributed by atoms with E-state index >= 15 is 0 Å². The van der Waals surface area contributed by atoms with E-state index in [2.05, 4.69) is 20.3 Å². The van der Waals surface area contributed by atoms with Crippen LogP contribution in [0.1, 0.15) is 29.6 Å². The highest BCUT2D eigenvalue weighted by Gasteiger charge is 2.20. The third-order valence-electron chi connectivity index (χ3n) is 5.31. The summed E-state index contributed by atoms with van der Waals surface area (Å²) in [7, 11) is 0. The number of thioether (sulfide) groups is 1. The Morgan fingerprint density at radius 3 is 2.78 bits per heavy atom. The van der Waals surface area contributed by atoms with Crippen molar-refractivity contribution >= 4 is 51.8 Å².